The minimum atomic E-state index is -4.95. The number of amides is 1. The average Bonchev–Trinajstić information content (AvgIpc) is 3.22. The topological polar surface area (TPSA) is 88.3 Å². The highest BCUT2D eigenvalue weighted by Gasteiger charge is 2.64. The number of alkyl halides is 3. The third kappa shape index (κ3) is 2.91. The van der Waals surface area contributed by atoms with Crippen molar-refractivity contribution < 1.29 is 27.9 Å². The SMILES string of the molecule is Cc1cccc(-n2cc(C(=O)N3CCC(C(=O)O)(C(F)(F)F)C3)nn2)c1. The Labute approximate surface area is 146 Å². The molecule has 0 spiro atoms. The minimum absolute atomic E-state index is 0.144. The molecule has 2 heterocycles. The van der Waals surface area contributed by atoms with Crippen LogP contribution in [0.25, 0.3) is 5.69 Å². The summed E-state index contributed by atoms with van der Waals surface area (Å²) in [5.74, 6) is -2.76. The first kappa shape index (κ1) is 17.9. The van der Waals surface area contributed by atoms with E-state index < -0.39 is 36.4 Å². The van der Waals surface area contributed by atoms with Crippen molar-refractivity contribution >= 4 is 11.9 Å². The lowest BCUT2D eigenvalue weighted by molar-refractivity contribution is -0.227. The Morgan fingerprint density at radius 3 is 2.62 bits per heavy atom. The van der Waals surface area contributed by atoms with Crippen LogP contribution in [0.5, 0.6) is 0 Å². The molecule has 1 saturated heterocycles. The van der Waals surface area contributed by atoms with Gasteiger partial charge in [0.1, 0.15) is 0 Å². The van der Waals surface area contributed by atoms with Gasteiger partial charge in [0.15, 0.2) is 11.1 Å². The molecule has 1 N–H and O–H groups in total. The monoisotopic (exact) mass is 368 g/mol. The zero-order valence-corrected chi connectivity index (χ0v) is 13.7. The molecule has 1 aliphatic heterocycles. The summed E-state index contributed by atoms with van der Waals surface area (Å²) < 4.78 is 41.0. The third-order valence-corrected chi connectivity index (χ3v) is 4.49. The van der Waals surface area contributed by atoms with Gasteiger partial charge in [0, 0.05) is 13.1 Å². The van der Waals surface area contributed by atoms with Crippen molar-refractivity contribution in [3.05, 3.63) is 41.7 Å². The predicted molar refractivity (Wildman–Crippen MR) is 82.7 cm³/mol. The standard InChI is InChI=1S/C16H15F3N4O3/c1-10-3-2-4-11(7-10)23-8-12(20-21-23)13(24)22-6-5-15(9-22,14(25)26)16(17,18)19/h2-4,7-8H,5-6,9H2,1H3,(H,25,26). The number of hydrogen-bond donors (Lipinski definition) is 1. The molecule has 1 atom stereocenters. The van der Waals surface area contributed by atoms with Crippen LogP contribution in [0.3, 0.4) is 0 Å². The van der Waals surface area contributed by atoms with Crippen LogP contribution in [-0.2, 0) is 4.79 Å². The number of benzene rings is 1. The summed E-state index contributed by atoms with van der Waals surface area (Å²) in [7, 11) is 0. The molecule has 2 aromatic rings. The first-order valence-electron chi connectivity index (χ1n) is 7.73. The summed E-state index contributed by atoms with van der Waals surface area (Å²) in [6.45, 7) is 0.614. The Morgan fingerprint density at radius 1 is 1.31 bits per heavy atom. The van der Waals surface area contributed by atoms with E-state index in [0.717, 1.165) is 10.5 Å². The van der Waals surface area contributed by atoms with Gasteiger partial charge in [0.2, 0.25) is 0 Å². The molecule has 1 amide bonds. The second-order valence-electron chi connectivity index (χ2n) is 6.25. The fourth-order valence-electron chi connectivity index (χ4n) is 2.93. The van der Waals surface area contributed by atoms with E-state index in [-0.39, 0.29) is 12.2 Å². The van der Waals surface area contributed by atoms with E-state index in [9.17, 15) is 22.8 Å². The second-order valence-corrected chi connectivity index (χ2v) is 6.25. The van der Waals surface area contributed by atoms with Crippen LogP contribution in [0.4, 0.5) is 13.2 Å². The summed E-state index contributed by atoms with van der Waals surface area (Å²) in [4.78, 5) is 24.5. The number of rotatable bonds is 3. The average molecular weight is 368 g/mol. The van der Waals surface area contributed by atoms with Crippen LogP contribution in [0.15, 0.2) is 30.5 Å². The fraction of sp³-hybridized carbons (Fsp3) is 0.375. The molecule has 1 unspecified atom stereocenters. The molecule has 1 aromatic carbocycles. The lowest BCUT2D eigenvalue weighted by Gasteiger charge is -2.26. The number of aryl methyl sites for hydroxylation is 1. The van der Waals surface area contributed by atoms with Crippen molar-refractivity contribution in [2.75, 3.05) is 13.1 Å². The summed E-state index contributed by atoms with van der Waals surface area (Å²) in [6.07, 6.45) is -4.33. The molecular formula is C16H15F3N4O3. The lowest BCUT2D eigenvalue weighted by Crippen LogP contribution is -2.47. The quantitative estimate of drug-likeness (QED) is 0.896. The second kappa shape index (κ2) is 6.11. The van der Waals surface area contributed by atoms with Crippen molar-refractivity contribution in [1.29, 1.82) is 0 Å². The molecule has 1 aromatic heterocycles. The lowest BCUT2D eigenvalue weighted by atomic mass is 9.86. The Hall–Kier alpha value is -2.91. The number of likely N-dealkylation sites (tertiary alicyclic amines) is 1. The maximum absolute atomic E-state index is 13.2. The molecule has 138 valence electrons. The van der Waals surface area contributed by atoms with Gasteiger partial charge >= 0.3 is 12.1 Å². The van der Waals surface area contributed by atoms with Crippen LogP contribution < -0.4 is 0 Å². The smallest absolute Gasteiger partial charge is 0.406 e. The third-order valence-electron chi connectivity index (χ3n) is 4.49. The van der Waals surface area contributed by atoms with Crippen molar-refractivity contribution in [2.24, 2.45) is 5.41 Å². The van der Waals surface area contributed by atoms with Gasteiger partial charge in [-0.25, -0.2) is 4.68 Å². The predicted octanol–water partition coefficient (Wildman–Crippen LogP) is 2.05. The first-order chi connectivity index (χ1) is 12.1. The van der Waals surface area contributed by atoms with E-state index in [1.54, 1.807) is 18.2 Å². The van der Waals surface area contributed by atoms with Crippen molar-refractivity contribution in [1.82, 2.24) is 19.9 Å². The Kier molecular flexibility index (Phi) is 4.21. The molecule has 1 fully saturated rings. The number of aromatic nitrogens is 3. The van der Waals surface area contributed by atoms with E-state index in [0.29, 0.717) is 5.69 Å². The summed E-state index contributed by atoms with van der Waals surface area (Å²) in [5.41, 5.74) is -1.49. The van der Waals surface area contributed by atoms with Crippen molar-refractivity contribution in [2.45, 2.75) is 19.5 Å². The summed E-state index contributed by atoms with van der Waals surface area (Å²) in [6, 6.07) is 7.21. The van der Waals surface area contributed by atoms with Gasteiger partial charge in [-0.15, -0.1) is 5.10 Å². The molecule has 0 bridgehead atoms. The molecule has 7 nitrogen and oxygen atoms in total. The van der Waals surface area contributed by atoms with E-state index in [1.165, 1.54) is 10.9 Å². The molecule has 26 heavy (non-hydrogen) atoms. The van der Waals surface area contributed by atoms with Crippen molar-refractivity contribution in [3.8, 4) is 5.69 Å². The number of nitrogens with zero attached hydrogens (tertiary/aromatic N) is 4. The number of carboxylic acids is 1. The van der Waals surface area contributed by atoms with Crippen LogP contribution in [0, 0.1) is 12.3 Å². The number of hydrogen-bond acceptors (Lipinski definition) is 4. The zero-order valence-electron chi connectivity index (χ0n) is 13.7. The Bertz CT molecular complexity index is 864. The Morgan fingerprint density at radius 2 is 2.04 bits per heavy atom. The number of halogens is 3. The molecule has 1 aliphatic rings. The van der Waals surface area contributed by atoms with Crippen LogP contribution >= 0.6 is 0 Å². The number of aliphatic carboxylic acids is 1. The van der Waals surface area contributed by atoms with Crippen LogP contribution in [0.2, 0.25) is 0 Å². The van der Waals surface area contributed by atoms with E-state index in [1.807, 2.05) is 13.0 Å². The molecule has 0 radical (unpaired) electrons. The summed E-state index contributed by atoms with van der Waals surface area (Å²) in [5, 5.41) is 16.6. The zero-order chi connectivity index (χ0) is 19.1. The molecule has 0 aliphatic carbocycles. The fourth-order valence-corrected chi connectivity index (χ4v) is 2.93. The van der Waals surface area contributed by atoms with Gasteiger partial charge in [-0.3, -0.25) is 9.59 Å². The highest BCUT2D eigenvalue weighted by molar-refractivity contribution is 5.93. The van der Waals surface area contributed by atoms with Crippen molar-refractivity contribution in [3.63, 3.8) is 0 Å². The maximum Gasteiger partial charge on any atom is 0.406 e. The molecule has 0 saturated carbocycles. The van der Waals surface area contributed by atoms with Gasteiger partial charge in [-0.2, -0.15) is 13.2 Å². The largest absolute Gasteiger partial charge is 0.481 e. The summed E-state index contributed by atoms with van der Waals surface area (Å²) >= 11 is 0. The number of carbonyl (C=O) groups is 2. The molecule has 3 rings (SSSR count). The van der Waals surface area contributed by atoms with Crippen LogP contribution in [-0.4, -0.2) is 56.1 Å². The first-order valence-corrected chi connectivity index (χ1v) is 7.73. The number of carbonyl (C=O) groups excluding carboxylic acids is 1. The molecular weight excluding hydrogens is 353 g/mol. The highest BCUT2D eigenvalue weighted by atomic mass is 19.4. The Balaban J connectivity index is 1.82. The number of carboxylic acid groups (broad SMARTS) is 1. The van der Waals surface area contributed by atoms with Crippen LogP contribution in [0.1, 0.15) is 22.5 Å². The van der Waals surface area contributed by atoms with E-state index >= 15 is 0 Å². The minimum Gasteiger partial charge on any atom is -0.481 e. The maximum atomic E-state index is 13.2. The van der Waals surface area contributed by atoms with Gasteiger partial charge in [-0.1, -0.05) is 17.3 Å². The highest BCUT2D eigenvalue weighted by Crippen LogP contribution is 2.45. The van der Waals surface area contributed by atoms with E-state index in [2.05, 4.69) is 10.3 Å². The molecule has 10 heteroatoms. The van der Waals surface area contributed by atoms with Gasteiger partial charge in [-0.05, 0) is 31.0 Å². The van der Waals surface area contributed by atoms with Gasteiger partial charge < -0.3 is 10.0 Å². The van der Waals surface area contributed by atoms with Gasteiger partial charge in [0.05, 0.1) is 11.9 Å². The van der Waals surface area contributed by atoms with E-state index in [4.69, 9.17) is 5.11 Å². The normalized spacial score (nSPS) is 20.4. The van der Waals surface area contributed by atoms with Gasteiger partial charge in [0.25, 0.3) is 5.91 Å².